The van der Waals surface area contributed by atoms with Crippen LogP contribution in [0.3, 0.4) is 0 Å². The summed E-state index contributed by atoms with van der Waals surface area (Å²) in [5.74, 6) is 1.10. The SMILES string of the molecule is ClCc1nncn1-c1ccc(Br)c(I)c1. The quantitative estimate of drug-likeness (QED) is 0.574. The molecule has 0 bridgehead atoms. The zero-order valence-electron chi connectivity index (χ0n) is 7.49. The van der Waals surface area contributed by atoms with Crippen LogP contribution < -0.4 is 0 Å². The lowest BCUT2D eigenvalue weighted by Gasteiger charge is -2.05. The molecule has 0 atom stereocenters. The maximum absolute atomic E-state index is 5.76. The Kier molecular flexibility index (Phi) is 3.63. The Morgan fingerprint density at radius 2 is 2.27 bits per heavy atom. The van der Waals surface area contributed by atoms with Crippen LogP contribution in [0.4, 0.5) is 0 Å². The Balaban J connectivity index is 2.50. The number of rotatable bonds is 2. The Morgan fingerprint density at radius 3 is 2.93 bits per heavy atom. The zero-order valence-corrected chi connectivity index (χ0v) is 12.0. The first kappa shape index (κ1) is 11.3. The largest absolute Gasteiger partial charge is 0.285 e. The van der Waals surface area contributed by atoms with Crippen molar-refractivity contribution in [3.8, 4) is 5.69 Å². The van der Waals surface area contributed by atoms with E-state index in [4.69, 9.17) is 11.6 Å². The standard InChI is InChI=1S/C9H6BrClIN3/c10-7-2-1-6(3-8(7)12)15-5-13-14-9(15)4-11/h1-3,5H,4H2. The van der Waals surface area contributed by atoms with E-state index in [0.29, 0.717) is 5.88 Å². The van der Waals surface area contributed by atoms with Crippen molar-refractivity contribution in [3.05, 3.63) is 38.4 Å². The zero-order chi connectivity index (χ0) is 10.8. The second-order valence-corrected chi connectivity index (χ2v) is 5.13. The molecule has 15 heavy (non-hydrogen) atoms. The van der Waals surface area contributed by atoms with E-state index < -0.39 is 0 Å². The summed E-state index contributed by atoms with van der Waals surface area (Å²) in [6.45, 7) is 0. The fourth-order valence-corrected chi connectivity index (χ4v) is 2.13. The lowest BCUT2D eigenvalue weighted by atomic mass is 10.3. The third-order valence-corrected chi connectivity index (χ3v) is 4.48. The van der Waals surface area contributed by atoms with Gasteiger partial charge < -0.3 is 0 Å². The van der Waals surface area contributed by atoms with E-state index in [2.05, 4.69) is 48.7 Å². The number of hydrogen-bond acceptors (Lipinski definition) is 2. The van der Waals surface area contributed by atoms with Gasteiger partial charge in [0.05, 0.1) is 5.88 Å². The van der Waals surface area contributed by atoms with Gasteiger partial charge >= 0.3 is 0 Å². The molecular formula is C9H6BrClIN3. The van der Waals surface area contributed by atoms with Crippen LogP contribution in [0, 0.1) is 3.57 Å². The maximum atomic E-state index is 5.76. The second kappa shape index (κ2) is 4.80. The van der Waals surface area contributed by atoms with Gasteiger partial charge in [0.2, 0.25) is 0 Å². The van der Waals surface area contributed by atoms with Crippen LogP contribution in [0.15, 0.2) is 29.0 Å². The Labute approximate surface area is 114 Å². The number of nitrogens with zero attached hydrogens (tertiary/aromatic N) is 3. The summed E-state index contributed by atoms with van der Waals surface area (Å²) in [6, 6.07) is 6.03. The van der Waals surface area contributed by atoms with Gasteiger partial charge in [-0.2, -0.15) is 0 Å². The van der Waals surface area contributed by atoms with Crippen LogP contribution in [0.2, 0.25) is 0 Å². The van der Waals surface area contributed by atoms with Crippen LogP contribution in [0.25, 0.3) is 5.69 Å². The minimum absolute atomic E-state index is 0.354. The molecule has 0 saturated carbocycles. The van der Waals surface area contributed by atoms with Crippen molar-refractivity contribution in [1.82, 2.24) is 14.8 Å². The predicted molar refractivity (Wildman–Crippen MR) is 71.3 cm³/mol. The van der Waals surface area contributed by atoms with E-state index in [1.54, 1.807) is 6.33 Å². The predicted octanol–water partition coefficient (Wildman–Crippen LogP) is 3.37. The minimum Gasteiger partial charge on any atom is -0.285 e. The van der Waals surface area contributed by atoms with Gasteiger partial charge in [-0.3, -0.25) is 4.57 Å². The van der Waals surface area contributed by atoms with Crippen LogP contribution in [-0.4, -0.2) is 14.8 Å². The molecule has 0 saturated heterocycles. The summed E-state index contributed by atoms with van der Waals surface area (Å²) in [6.07, 6.45) is 1.66. The van der Waals surface area contributed by atoms with Gasteiger partial charge in [-0.05, 0) is 56.7 Å². The summed E-state index contributed by atoms with van der Waals surface area (Å²) in [5, 5.41) is 7.77. The van der Waals surface area contributed by atoms with Crippen molar-refractivity contribution < 1.29 is 0 Å². The summed E-state index contributed by atoms with van der Waals surface area (Å²) in [7, 11) is 0. The van der Waals surface area contributed by atoms with Gasteiger partial charge in [0.15, 0.2) is 5.82 Å². The monoisotopic (exact) mass is 397 g/mol. The number of aromatic nitrogens is 3. The molecule has 0 amide bonds. The fraction of sp³-hybridized carbons (Fsp3) is 0.111. The number of benzene rings is 1. The Bertz CT molecular complexity index is 486. The molecule has 78 valence electrons. The number of halogens is 3. The highest BCUT2D eigenvalue weighted by Crippen LogP contribution is 2.22. The molecular weight excluding hydrogens is 392 g/mol. The third kappa shape index (κ3) is 2.34. The lowest BCUT2D eigenvalue weighted by Crippen LogP contribution is -1.98. The molecule has 6 heteroatoms. The highest BCUT2D eigenvalue weighted by molar-refractivity contribution is 14.1. The molecule has 0 radical (unpaired) electrons. The molecule has 0 fully saturated rings. The first-order valence-corrected chi connectivity index (χ1v) is 6.53. The van der Waals surface area contributed by atoms with E-state index in [1.807, 2.05) is 22.8 Å². The fourth-order valence-electron chi connectivity index (χ4n) is 1.20. The summed E-state index contributed by atoms with van der Waals surface area (Å²) < 4.78 is 4.09. The van der Waals surface area contributed by atoms with Gasteiger partial charge in [0.1, 0.15) is 6.33 Å². The van der Waals surface area contributed by atoms with Crippen LogP contribution in [0.5, 0.6) is 0 Å². The molecule has 1 aromatic carbocycles. The minimum atomic E-state index is 0.354. The average molecular weight is 398 g/mol. The average Bonchev–Trinajstić information content (AvgIpc) is 2.70. The molecule has 0 spiro atoms. The van der Waals surface area contributed by atoms with Crippen LogP contribution in [0.1, 0.15) is 5.82 Å². The topological polar surface area (TPSA) is 30.7 Å². The molecule has 1 aromatic heterocycles. The Hall–Kier alpha value is -0.140. The van der Waals surface area contributed by atoms with Gasteiger partial charge in [-0.15, -0.1) is 21.8 Å². The maximum Gasteiger partial charge on any atom is 0.152 e. The van der Waals surface area contributed by atoms with Crippen LogP contribution >= 0.6 is 50.1 Å². The number of alkyl halides is 1. The highest BCUT2D eigenvalue weighted by atomic mass is 127. The second-order valence-electron chi connectivity index (χ2n) is 2.85. The molecule has 0 aliphatic rings. The Morgan fingerprint density at radius 1 is 1.47 bits per heavy atom. The molecule has 2 aromatic rings. The number of hydrogen-bond donors (Lipinski definition) is 0. The summed E-state index contributed by atoms with van der Waals surface area (Å²) >= 11 is 11.5. The van der Waals surface area contributed by atoms with E-state index >= 15 is 0 Å². The molecule has 0 aliphatic heterocycles. The van der Waals surface area contributed by atoms with Gasteiger partial charge in [-0.1, -0.05) is 0 Å². The molecule has 3 nitrogen and oxygen atoms in total. The van der Waals surface area contributed by atoms with Crippen molar-refractivity contribution in [2.45, 2.75) is 5.88 Å². The lowest BCUT2D eigenvalue weighted by molar-refractivity contribution is 0.950. The van der Waals surface area contributed by atoms with Crippen LogP contribution in [-0.2, 0) is 5.88 Å². The summed E-state index contributed by atoms with van der Waals surface area (Å²) in [5.41, 5.74) is 1.02. The van der Waals surface area contributed by atoms with Gasteiger partial charge in [0.25, 0.3) is 0 Å². The summed E-state index contributed by atoms with van der Waals surface area (Å²) in [4.78, 5) is 0. The molecule has 0 unspecified atom stereocenters. The van der Waals surface area contributed by atoms with E-state index in [1.165, 1.54) is 0 Å². The van der Waals surface area contributed by atoms with Crippen molar-refractivity contribution in [3.63, 3.8) is 0 Å². The van der Waals surface area contributed by atoms with Crippen molar-refractivity contribution in [1.29, 1.82) is 0 Å². The van der Waals surface area contributed by atoms with Crippen molar-refractivity contribution in [2.75, 3.05) is 0 Å². The third-order valence-electron chi connectivity index (χ3n) is 1.92. The van der Waals surface area contributed by atoms with Gasteiger partial charge in [-0.25, -0.2) is 0 Å². The van der Waals surface area contributed by atoms with Gasteiger partial charge in [0, 0.05) is 13.7 Å². The van der Waals surface area contributed by atoms with Crippen molar-refractivity contribution in [2.24, 2.45) is 0 Å². The first-order chi connectivity index (χ1) is 7.22. The van der Waals surface area contributed by atoms with E-state index in [0.717, 1.165) is 19.6 Å². The van der Waals surface area contributed by atoms with E-state index in [-0.39, 0.29) is 0 Å². The normalized spacial score (nSPS) is 10.6. The van der Waals surface area contributed by atoms with E-state index in [9.17, 15) is 0 Å². The highest BCUT2D eigenvalue weighted by Gasteiger charge is 2.06. The first-order valence-electron chi connectivity index (χ1n) is 4.12. The molecule has 1 heterocycles. The smallest absolute Gasteiger partial charge is 0.152 e. The van der Waals surface area contributed by atoms with Crippen molar-refractivity contribution >= 4 is 50.1 Å². The molecule has 0 aliphatic carbocycles. The molecule has 2 rings (SSSR count). The molecule has 0 N–H and O–H groups in total.